The Morgan fingerprint density at radius 1 is 1.21 bits per heavy atom. The van der Waals surface area contributed by atoms with Crippen molar-refractivity contribution in [3.63, 3.8) is 0 Å². The summed E-state index contributed by atoms with van der Waals surface area (Å²) in [7, 11) is 0. The molecule has 0 saturated carbocycles. The molecule has 2 heterocycles. The van der Waals surface area contributed by atoms with Crippen molar-refractivity contribution in [2.75, 3.05) is 26.3 Å². The summed E-state index contributed by atoms with van der Waals surface area (Å²) in [6, 6.07) is 8.83. The molecule has 2 N–H and O–H groups in total. The van der Waals surface area contributed by atoms with Gasteiger partial charge in [0.2, 0.25) is 11.8 Å². The van der Waals surface area contributed by atoms with E-state index in [9.17, 15) is 14.4 Å². The molecular formula is C22H29N3O4. The molecule has 0 radical (unpaired) electrons. The summed E-state index contributed by atoms with van der Waals surface area (Å²) in [4.78, 5) is 42.3. The Morgan fingerprint density at radius 3 is 2.66 bits per heavy atom. The van der Waals surface area contributed by atoms with Gasteiger partial charge in [0.1, 0.15) is 6.04 Å². The lowest BCUT2D eigenvalue weighted by atomic mass is 10.0. The monoisotopic (exact) mass is 399 g/mol. The Hall–Kier alpha value is -2.67. The van der Waals surface area contributed by atoms with Crippen LogP contribution >= 0.6 is 0 Å². The molecule has 0 bridgehead atoms. The van der Waals surface area contributed by atoms with Crippen molar-refractivity contribution in [1.82, 2.24) is 15.2 Å². The predicted octanol–water partition coefficient (Wildman–Crippen LogP) is 1.85. The van der Waals surface area contributed by atoms with Crippen LogP contribution in [0.4, 0.5) is 0 Å². The largest absolute Gasteiger partial charge is 0.378 e. The molecule has 1 aromatic carbocycles. The molecule has 1 aromatic heterocycles. The van der Waals surface area contributed by atoms with Crippen LogP contribution in [0.5, 0.6) is 0 Å². The fourth-order valence-electron chi connectivity index (χ4n) is 3.59. The number of pyridine rings is 1. The highest BCUT2D eigenvalue weighted by atomic mass is 16.5. The van der Waals surface area contributed by atoms with Crippen LogP contribution in [0.1, 0.15) is 32.3 Å². The summed E-state index contributed by atoms with van der Waals surface area (Å²) in [5, 5.41) is 3.82. The summed E-state index contributed by atoms with van der Waals surface area (Å²) in [6.45, 7) is 6.21. The first-order valence-electron chi connectivity index (χ1n) is 10.2. The Labute approximate surface area is 170 Å². The molecule has 0 spiro atoms. The van der Waals surface area contributed by atoms with Gasteiger partial charge in [-0.15, -0.1) is 0 Å². The zero-order chi connectivity index (χ0) is 20.8. The minimum absolute atomic E-state index is 0.0566. The van der Waals surface area contributed by atoms with Gasteiger partial charge in [-0.1, -0.05) is 32.0 Å². The quantitative estimate of drug-likeness (QED) is 0.743. The van der Waals surface area contributed by atoms with Crippen LogP contribution < -0.4 is 10.9 Å². The summed E-state index contributed by atoms with van der Waals surface area (Å²) < 4.78 is 5.31. The Kier molecular flexibility index (Phi) is 7.04. The lowest BCUT2D eigenvalue weighted by Gasteiger charge is -2.31. The van der Waals surface area contributed by atoms with Gasteiger partial charge in [0.25, 0.3) is 5.56 Å². The van der Waals surface area contributed by atoms with Crippen LogP contribution in [0.15, 0.2) is 35.1 Å². The van der Waals surface area contributed by atoms with E-state index < -0.39 is 6.04 Å². The summed E-state index contributed by atoms with van der Waals surface area (Å²) in [5.74, 6) is -0.00246. The molecule has 7 heteroatoms. The maximum Gasteiger partial charge on any atom is 0.251 e. The van der Waals surface area contributed by atoms with E-state index in [0.29, 0.717) is 44.7 Å². The molecule has 1 aliphatic heterocycles. The molecule has 1 aliphatic rings. The highest BCUT2D eigenvalue weighted by Crippen LogP contribution is 2.12. The standard InChI is InChI=1S/C22H29N3O4/c1-15(2)13-19(22(28)25-9-11-29-12-10-25)23-20(26)8-7-17-14-16-5-3-4-6-18(16)24-21(17)27/h3-6,14-15,19H,7-13H2,1-2H3,(H,23,26)(H,24,27)/t19-/m0/s1. The number of aromatic nitrogens is 1. The first-order chi connectivity index (χ1) is 13.9. The smallest absolute Gasteiger partial charge is 0.251 e. The van der Waals surface area contributed by atoms with E-state index in [2.05, 4.69) is 10.3 Å². The SMILES string of the molecule is CC(C)C[C@H](NC(=O)CCc1cc2ccccc2[nH]c1=O)C(=O)N1CCOCC1. The molecule has 0 aliphatic carbocycles. The third-order valence-corrected chi connectivity index (χ3v) is 5.11. The number of carbonyl (C=O) groups is 2. The van der Waals surface area contributed by atoms with Gasteiger partial charge in [-0.2, -0.15) is 0 Å². The van der Waals surface area contributed by atoms with Crippen LogP contribution in [0.3, 0.4) is 0 Å². The van der Waals surface area contributed by atoms with Crippen molar-refractivity contribution in [2.45, 2.75) is 39.2 Å². The van der Waals surface area contributed by atoms with Crippen molar-refractivity contribution in [3.8, 4) is 0 Å². The zero-order valence-electron chi connectivity index (χ0n) is 17.1. The van der Waals surface area contributed by atoms with Crippen LogP contribution in [0.25, 0.3) is 10.9 Å². The number of amides is 2. The molecule has 3 rings (SSSR count). The number of aromatic amines is 1. The third-order valence-electron chi connectivity index (χ3n) is 5.11. The first-order valence-corrected chi connectivity index (χ1v) is 10.2. The Balaban J connectivity index is 1.63. The van der Waals surface area contributed by atoms with Gasteiger partial charge >= 0.3 is 0 Å². The molecule has 156 valence electrons. The first kappa shape index (κ1) is 21.0. The Morgan fingerprint density at radius 2 is 1.93 bits per heavy atom. The highest BCUT2D eigenvalue weighted by Gasteiger charge is 2.27. The molecule has 2 aromatic rings. The fourth-order valence-corrected chi connectivity index (χ4v) is 3.59. The minimum atomic E-state index is -0.546. The number of nitrogens with one attached hydrogen (secondary N) is 2. The average Bonchev–Trinajstić information content (AvgIpc) is 2.71. The zero-order valence-corrected chi connectivity index (χ0v) is 17.1. The van der Waals surface area contributed by atoms with E-state index in [-0.39, 0.29) is 29.7 Å². The van der Waals surface area contributed by atoms with Crippen LogP contribution in [-0.4, -0.2) is 54.0 Å². The number of aryl methyl sites for hydroxylation is 1. The van der Waals surface area contributed by atoms with Gasteiger partial charge in [-0.05, 0) is 36.3 Å². The maximum absolute atomic E-state index is 12.8. The molecule has 1 fully saturated rings. The van der Waals surface area contributed by atoms with Gasteiger partial charge in [0, 0.05) is 30.6 Å². The second-order valence-electron chi connectivity index (χ2n) is 7.90. The molecule has 1 atom stereocenters. The van der Waals surface area contributed by atoms with Gasteiger partial charge in [-0.3, -0.25) is 14.4 Å². The number of carbonyl (C=O) groups excluding carboxylic acids is 2. The van der Waals surface area contributed by atoms with Crippen molar-refractivity contribution in [3.05, 3.63) is 46.2 Å². The van der Waals surface area contributed by atoms with Crippen LogP contribution in [-0.2, 0) is 20.7 Å². The summed E-state index contributed by atoms with van der Waals surface area (Å²) in [5.41, 5.74) is 1.16. The van der Waals surface area contributed by atoms with E-state index in [1.807, 2.05) is 44.2 Å². The van der Waals surface area contributed by atoms with Gasteiger partial charge in [0.05, 0.1) is 13.2 Å². The van der Waals surface area contributed by atoms with Gasteiger partial charge < -0.3 is 19.9 Å². The number of nitrogens with zero attached hydrogens (tertiary/aromatic N) is 1. The lowest BCUT2D eigenvalue weighted by molar-refractivity contribution is -0.140. The second-order valence-corrected chi connectivity index (χ2v) is 7.90. The normalized spacial score (nSPS) is 15.5. The summed E-state index contributed by atoms with van der Waals surface area (Å²) >= 11 is 0. The third kappa shape index (κ3) is 5.67. The van der Waals surface area contributed by atoms with Crippen molar-refractivity contribution in [1.29, 1.82) is 0 Å². The highest BCUT2D eigenvalue weighted by molar-refractivity contribution is 5.88. The molecular weight excluding hydrogens is 370 g/mol. The predicted molar refractivity (Wildman–Crippen MR) is 112 cm³/mol. The van der Waals surface area contributed by atoms with E-state index in [1.54, 1.807) is 4.90 Å². The van der Waals surface area contributed by atoms with Gasteiger partial charge in [0.15, 0.2) is 0 Å². The lowest BCUT2D eigenvalue weighted by Crippen LogP contribution is -2.52. The summed E-state index contributed by atoms with van der Waals surface area (Å²) in [6.07, 6.45) is 1.07. The number of benzene rings is 1. The van der Waals surface area contributed by atoms with E-state index >= 15 is 0 Å². The molecule has 7 nitrogen and oxygen atoms in total. The number of fused-ring (bicyclic) bond motifs is 1. The molecule has 2 amide bonds. The van der Waals surface area contributed by atoms with Crippen molar-refractivity contribution >= 4 is 22.7 Å². The number of H-pyrrole nitrogens is 1. The van der Waals surface area contributed by atoms with E-state index in [4.69, 9.17) is 4.74 Å². The van der Waals surface area contributed by atoms with Crippen molar-refractivity contribution in [2.24, 2.45) is 5.92 Å². The topological polar surface area (TPSA) is 91.5 Å². The van der Waals surface area contributed by atoms with Crippen LogP contribution in [0, 0.1) is 5.92 Å². The number of hydrogen-bond donors (Lipinski definition) is 2. The van der Waals surface area contributed by atoms with Crippen LogP contribution in [0.2, 0.25) is 0 Å². The van der Waals surface area contributed by atoms with Crippen molar-refractivity contribution < 1.29 is 14.3 Å². The molecule has 0 unspecified atom stereocenters. The number of morpholine rings is 1. The molecule has 1 saturated heterocycles. The van der Waals surface area contributed by atoms with E-state index in [1.165, 1.54) is 0 Å². The fraction of sp³-hybridized carbons (Fsp3) is 0.500. The molecule has 29 heavy (non-hydrogen) atoms. The number of hydrogen-bond acceptors (Lipinski definition) is 4. The van der Waals surface area contributed by atoms with Gasteiger partial charge in [-0.25, -0.2) is 0 Å². The minimum Gasteiger partial charge on any atom is -0.378 e. The average molecular weight is 399 g/mol. The van der Waals surface area contributed by atoms with E-state index in [0.717, 1.165) is 10.9 Å². The second kappa shape index (κ2) is 9.69. The number of para-hydroxylation sites is 1. The number of rotatable bonds is 7. The number of ether oxygens (including phenoxy) is 1. The Bertz CT molecular complexity index is 916. The maximum atomic E-state index is 12.8.